The van der Waals surface area contributed by atoms with Gasteiger partial charge >= 0.3 is 12.1 Å². The summed E-state index contributed by atoms with van der Waals surface area (Å²) < 4.78 is 0. The Morgan fingerprint density at radius 1 is 0.921 bits per heavy atom. The molecule has 9 nitrogen and oxygen atoms in total. The predicted octanol–water partition coefficient (Wildman–Crippen LogP) is 4.15. The van der Waals surface area contributed by atoms with Gasteiger partial charge in [-0.15, -0.1) is 0 Å². The van der Waals surface area contributed by atoms with E-state index in [1.54, 1.807) is 30.0 Å². The zero-order valence-corrected chi connectivity index (χ0v) is 22.4. The summed E-state index contributed by atoms with van der Waals surface area (Å²) in [5.74, 6) is 0.336. The van der Waals surface area contributed by atoms with Gasteiger partial charge in [0.05, 0.1) is 11.6 Å². The number of nitrogens with one attached hydrogen (secondary N) is 2. The summed E-state index contributed by atoms with van der Waals surface area (Å²) in [6, 6.07) is 15.0. The fraction of sp³-hybridized carbons (Fsp3) is 0.448. The van der Waals surface area contributed by atoms with E-state index >= 15 is 0 Å². The monoisotopic (exact) mass is 516 g/mol. The molecule has 2 saturated heterocycles. The molecule has 2 fully saturated rings. The van der Waals surface area contributed by atoms with Gasteiger partial charge in [0, 0.05) is 57.6 Å². The van der Waals surface area contributed by atoms with E-state index in [4.69, 9.17) is 5.26 Å². The highest BCUT2D eigenvalue weighted by Gasteiger charge is 2.26. The van der Waals surface area contributed by atoms with E-state index in [1.165, 1.54) is 5.56 Å². The Kier molecular flexibility index (Phi) is 8.52. The van der Waals surface area contributed by atoms with Crippen LogP contribution in [0.3, 0.4) is 0 Å². The molecule has 2 aliphatic heterocycles. The Labute approximate surface area is 224 Å². The van der Waals surface area contributed by atoms with E-state index in [1.807, 2.05) is 48.2 Å². The molecule has 2 heterocycles. The van der Waals surface area contributed by atoms with Crippen LogP contribution in [0.4, 0.5) is 15.3 Å². The van der Waals surface area contributed by atoms with Crippen molar-refractivity contribution in [2.75, 3.05) is 45.6 Å². The van der Waals surface area contributed by atoms with Gasteiger partial charge in [-0.1, -0.05) is 18.2 Å². The van der Waals surface area contributed by atoms with Crippen molar-refractivity contribution < 1.29 is 14.4 Å². The van der Waals surface area contributed by atoms with E-state index in [-0.39, 0.29) is 24.0 Å². The molecule has 4 rings (SSSR count). The normalized spacial score (nSPS) is 16.5. The van der Waals surface area contributed by atoms with E-state index < -0.39 is 0 Å². The van der Waals surface area contributed by atoms with Crippen LogP contribution in [0.15, 0.2) is 42.5 Å². The maximum Gasteiger partial charge on any atom is 0.319 e. The molecule has 9 heteroatoms. The predicted molar refractivity (Wildman–Crippen MR) is 146 cm³/mol. The van der Waals surface area contributed by atoms with Gasteiger partial charge in [-0.3, -0.25) is 4.79 Å². The van der Waals surface area contributed by atoms with Crippen molar-refractivity contribution in [1.82, 2.24) is 20.0 Å². The van der Waals surface area contributed by atoms with Crippen LogP contribution in [-0.4, -0.2) is 79.0 Å². The Morgan fingerprint density at radius 3 is 2.16 bits per heavy atom. The first kappa shape index (κ1) is 27.0. The molecule has 2 aliphatic rings. The first-order chi connectivity index (χ1) is 18.2. The summed E-state index contributed by atoms with van der Waals surface area (Å²) in [4.78, 5) is 43.3. The lowest BCUT2D eigenvalue weighted by Gasteiger charge is -2.34. The van der Waals surface area contributed by atoms with E-state index in [0.717, 1.165) is 18.4 Å². The molecule has 5 amide bonds. The van der Waals surface area contributed by atoms with Gasteiger partial charge in [-0.05, 0) is 73.9 Å². The number of rotatable bonds is 4. The second-order valence-corrected chi connectivity index (χ2v) is 10.4. The van der Waals surface area contributed by atoms with Crippen molar-refractivity contribution in [2.24, 2.45) is 0 Å². The number of nitriles is 1. The number of urea groups is 2. The molecule has 0 bridgehead atoms. The minimum atomic E-state index is -0.307. The number of benzene rings is 2. The lowest BCUT2D eigenvalue weighted by atomic mass is 9.89. The SMILES string of the molecule is Cc1ccc(C(=O)N2CCC(c3ccc(C#N)cc3)CC2)cc1NC(=O)NC1CCN(C(=O)N(C)C)CC1. The zero-order chi connectivity index (χ0) is 27.2. The van der Waals surface area contributed by atoms with Crippen LogP contribution in [0.2, 0.25) is 0 Å². The third kappa shape index (κ3) is 6.43. The van der Waals surface area contributed by atoms with Crippen LogP contribution < -0.4 is 10.6 Å². The number of anilines is 1. The summed E-state index contributed by atoms with van der Waals surface area (Å²) in [5, 5.41) is 14.9. The van der Waals surface area contributed by atoms with Crippen molar-refractivity contribution in [3.63, 3.8) is 0 Å². The number of piperidine rings is 2. The molecule has 0 aliphatic carbocycles. The zero-order valence-electron chi connectivity index (χ0n) is 22.4. The van der Waals surface area contributed by atoms with Gasteiger partial charge in [-0.2, -0.15) is 5.26 Å². The van der Waals surface area contributed by atoms with Crippen molar-refractivity contribution in [1.29, 1.82) is 5.26 Å². The largest absolute Gasteiger partial charge is 0.339 e. The fourth-order valence-electron chi connectivity index (χ4n) is 5.16. The van der Waals surface area contributed by atoms with Crippen LogP contribution in [-0.2, 0) is 0 Å². The maximum atomic E-state index is 13.3. The third-order valence-electron chi connectivity index (χ3n) is 7.51. The molecule has 0 atom stereocenters. The Hall–Kier alpha value is -4.06. The van der Waals surface area contributed by atoms with Crippen LogP contribution in [0.25, 0.3) is 0 Å². The second-order valence-electron chi connectivity index (χ2n) is 10.4. The molecule has 38 heavy (non-hydrogen) atoms. The molecule has 0 aromatic heterocycles. The molecule has 0 unspecified atom stereocenters. The Bertz CT molecular complexity index is 1200. The second kappa shape index (κ2) is 12.0. The van der Waals surface area contributed by atoms with Crippen LogP contribution in [0.5, 0.6) is 0 Å². The highest BCUT2D eigenvalue weighted by molar-refractivity contribution is 5.97. The van der Waals surface area contributed by atoms with Crippen molar-refractivity contribution in [3.8, 4) is 6.07 Å². The first-order valence-electron chi connectivity index (χ1n) is 13.2. The Morgan fingerprint density at radius 2 is 1.55 bits per heavy atom. The van der Waals surface area contributed by atoms with Gasteiger partial charge in [-0.25, -0.2) is 9.59 Å². The van der Waals surface area contributed by atoms with Crippen molar-refractivity contribution in [2.45, 2.75) is 44.6 Å². The molecular weight excluding hydrogens is 480 g/mol. The van der Waals surface area contributed by atoms with Gasteiger partial charge in [0.25, 0.3) is 5.91 Å². The quantitative estimate of drug-likeness (QED) is 0.636. The van der Waals surface area contributed by atoms with Crippen LogP contribution in [0, 0.1) is 18.3 Å². The first-order valence-corrected chi connectivity index (χ1v) is 13.2. The highest BCUT2D eigenvalue weighted by Crippen LogP contribution is 2.29. The molecule has 2 N–H and O–H groups in total. The Balaban J connectivity index is 1.30. The molecule has 0 radical (unpaired) electrons. The third-order valence-corrected chi connectivity index (χ3v) is 7.51. The molecular formula is C29H36N6O3. The summed E-state index contributed by atoms with van der Waals surface area (Å²) in [6.45, 7) is 4.43. The molecule has 2 aromatic rings. The molecule has 0 spiro atoms. The summed E-state index contributed by atoms with van der Waals surface area (Å²) in [7, 11) is 3.47. The standard InChI is InChI=1S/C29H36N6O3/c1-20-4-7-24(27(36)34-14-10-23(11-15-34)22-8-5-21(19-30)6-9-22)18-26(20)32-28(37)31-25-12-16-35(17-13-25)29(38)33(2)3/h4-9,18,23,25H,10-17H2,1-3H3,(H2,31,32,37). The number of carbonyl (C=O) groups excluding carboxylic acids is 3. The van der Waals surface area contributed by atoms with E-state index in [2.05, 4.69) is 16.7 Å². The number of hydrogen-bond donors (Lipinski definition) is 2. The summed E-state index contributed by atoms with van der Waals surface area (Å²) in [5.41, 5.74) is 3.90. The van der Waals surface area contributed by atoms with Crippen molar-refractivity contribution >= 4 is 23.7 Å². The lowest BCUT2D eigenvalue weighted by molar-refractivity contribution is 0.0713. The maximum absolute atomic E-state index is 13.3. The van der Waals surface area contributed by atoms with E-state index in [9.17, 15) is 14.4 Å². The summed E-state index contributed by atoms with van der Waals surface area (Å²) in [6.07, 6.45) is 3.14. The van der Waals surface area contributed by atoms with Crippen LogP contribution in [0.1, 0.15) is 58.6 Å². The fourth-order valence-corrected chi connectivity index (χ4v) is 5.16. The average molecular weight is 517 g/mol. The number of likely N-dealkylation sites (tertiary alicyclic amines) is 2. The highest BCUT2D eigenvalue weighted by atomic mass is 16.2. The minimum absolute atomic E-state index is 0.0104. The van der Waals surface area contributed by atoms with E-state index in [0.29, 0.717) is 61.8 Å². The molecule has 2 aromatic carbocycles. The van der Waals surface area contributed by atoms with Crippen LogP contribution >= 0.6 is 0 Å². The number of amides is 5. The average Bonchev–Trinajstić information content (AvgIpc) is 2.94. The lowest BCUT2D eigenvalue weighted by Crippen LogP contribution is -2.49. The minimum Gasteiger partial charge on any atom is -0.339 e. The summed E-state index contributed by atoms with van der Waals surface area (Å²) >= 11 is 0. The van der Waals surface area contributed by atoms with Gasteiger partial charge < -0.3 is 25.3 Å². The molecule has 200 valence electrons. The topological polar surface area (TPSA) is 109 Å². The number of aryl methyl sites for hydroxylation is 1. The smallest absolute Gasteiger partial charge is 0.319 e. The van der Waals surface area contributed by atoms with Gasteiger partial charge in [0.1, 0.15) is 0 Å². The number of nitrogens with zero attached hydrogens (tertiary/aromatic N) is 4. The number of carbonyl (C=O) groups is 3. The molecule has 0 saturated carbocycles. The van der Waals surface area contributed by atoms with Gasteiger partial charge in [0.2, 0.25) is 0 Å². The number of hydrogen-bond acceptors (Lipinski definition) is 4. The van der Waals surface area contributed by atoms with Crippen molar-refractivity contribution in [3.05, 3.63) is 64.7 Å². The van der Waals surface area contributed by atoms with Gasteiger partial charge in [0.15, 0.2) is 0 Å².